The van der Waals surface area contributed by atoms with Gasteiger partial charge in [-0.25, -0.2) is 15.0 Å². The van der Waals surface area contributed by atoms with Gasteiger partial charge in [0.25, 0.3) is 5.91 Å². The van der Waals surface area contributed by atoms with Crippen molar-refractivity contribution in [2.45, 2.75) is 37.6 Å². The average molecular weight is 531 g/mol. The van der Waals surface area contributed by atoms with Gasteiger partial charge in [0.15, 0.2) is 11.5 Å². The third-order valence-electron chi connectivity index (χ3n) is 6.54. The zero-order chi connectivity index (χ0) is 27.2. The van der Waals surface area contributed by atoms with Gasteiger partial charge in [-0.3, -0.25) is 4.79 Å². The zero-order valence-electron chi connectivity index (χ0n) is 20.5. The Morgan fingerprint density at radius 3 is 2.55 bits per heavy atom. The highest BCUT2D eigenvalue weighted by Gasteiger charge is 2.40. The van der Waals surface area contributed by atoms with Crippen LogP contribution in [0.1, 0.15) is 53.6 Å². The lowest BCUT2D eigenvalue weighted by molar-refractivity contribution is -0.140. The quantitative estimate of drug-likeness (QED) is 0.390. The van der Waals surface area contributed by atoms with E-state index in [0.717, 1.165) is 6.07 Å². The third kappa shape index (κ3) is 4.47. The van der Waals surface area contributed by atoms with Gasteiger partial charge in [-0.2, -0.15) is 13.2 Å². The van der Waals surface area contributed by atoms with Crippen LogP contribution in [0.2, 0.25) is 0 Å². The normalized spacial score (nSPS) is 16.6. The van der Waals surface area contributed by atoms with Crippen LogP contribution in [0.5, 0.6) is 5.75 Å². The number of hydrogen-bond acceptors (Lipinski definition) is 9. The summed E-state index contributed by atoms with van der Waals surface area (Å²) < 4.78 is 56.3. The van der Waals surface area contributed by atoms with Gasteiger partial charge in [-0.1, -0.05) is 0 Å². The van der Waals surface area contributed by atoms with Gasteiger partial charge in [-0.15, -0.1) is 0 Å². The summed E-state index contributed by atoms with van der Waals surface area (Å²) in [6.45, 7) is 2.03. The van der Waals surface area contributed by atoms with Crippen LogP contribution in [-0.4, -0.2) is 51.1 Å². The summed E-state index contributed by atoms with van der Waals surface area (Å²) in [7, 11) is 1.33. The lowest BCUT2D eigenvalue weighted by atomic mass is 9.91. The van der Waals surface area contributed by atoms with Crippen molar-refractivity contribution in [1.29, 1.82) is 0 Å². The minimum atomic E-state index is -4.65. The Hall–Kier alpha value is -3.97. The fourth-order valence-electron chi connectivity index (χ4n) is 4.51. The molecule has 1 amide bonds. The Bertz CT molecular complexity index is 1470. The molecule has 1 atom stereocenters. The fourth-order valence-corrected chi connectivity index (χ4v) is 4.51. The summed E-state index contributed by atoms with van der Waals surface area (Å²) >= 11 is 0. The first kappa shape index (κ1) is 25.7. The second-order valence-corrected chi connectivity index (χ2v) is 9.09. The Morgan fingerprint density at radius 1 is 1.21 bits per heavy atom. The number of carbonyl (C=O) groups excluding carboxylic acids is 1. The predicted molar refractivity (Wildman–Crippen MR) is 127 cm³/mol. The molecule has 3 aromatic heterocycles. The average Bonchev–Trinajstić information content (AvgIpc) is 3.58. The first-order valence-electron chi connectivity index (χ1n) is 11.7. The number of methoxy groups -OCH3 is 1. The summed E-state index contributed by atoms with van der Waals surface area (Å²) in [4.78, 5) is 27.2. The molecule has 200 valence electrons. The van der Waals surface area contributed by atoms with Crippen molar-refractivity contribution in [3.05, 3.63) is 59.8 Å². The van der Waals surface area contributed by atoms with Crippen molar-refractivity contribution in [1.82, 2.24) is 19.9 Å². The topological polar surface area (TPSA) is 141 Å². The van der Waals surface area contributed by atoms with Crippen molar-refractivity contribution in [3.8, 4) is 17.2 Å². The number of pyridine rings is 1. The Labute approximate surface area is 214 Å². The van der Waals surface area contributed by atoms with E-state index in [2.05, 4.69) is 15.0 Å². The van der Waals surface area contributed by atoms with E-state index < -0.39 is 29.4 Å². The van der Waals surface area contributed by atoms with Crippen LogP contribution < -0.4 is 10.5 Å². The maximum Gasteiger partial charge on any atom is 0.433 e. The molecule has 0 aliphatic carbocycles. The van der Waals surface area contributed by atoms with Gasteiger partial charge in [0, 0.05) is 36.9 Å². The summed E-state index contributed by atoms with van der Waals surface area (Å²) in [5.41, 5.74) is 4.00. The van der Waals surface area contributed by atoms with Gasteiger partial charge >= 0.3 is 6.18 Å². The molecule has 4 aromatic rings. The summed E-state index contributed by atoms with van der Waals surface area (Å²) in [6.07, 6.45) is -1.42. The molecule has 0 unspecified atom stereocenters. The van der Waals surface area contributed by atoms with Gasteiger partial charge in [0.1, 0.15) is 28.8 Å². The number of alkyl halides is 3. The van der Waals surface area contributed by atoms with E-state index in [-0.39, 0.29) is 60.4 Å². The maximum atomic E-state index is 13.5. The molecule has 0 spiro atoms. The number of hydrogen-bond donors (Lipinski definition) is 2. The van der Waals surface area contributed by atoms with E-state index >= 15 is 0 Å². The number of aromatic nitrogens is 3. The van der Waals surface area contributed by atoms with Crippen molar-refractivity contribution in [2.75, 3.05) is 20.2 Å². The number of benzene rings is 1. The van der Waals surface area contributed by atoms with E-state index in [9.17, 15) is 23.1 Å². The van der Waals surface area contributed by atoms with Crippen molar-refractivity contribution in [2.24, 2.45) is 5.73 Å². The SMILES string of the molecule is COc1ccc(-c2nc(C(=O)N3CCC(O)(c4ncco4)CC3)c([C@H](C)N)o2)c2ccc(C(F)(F)F)nc12. The Kier molecular flexibility index (Phi) is 6.35. The van der Waals surface area contributed by atoms with E-state index in [1.807, 2.05) is 0 Å². The summed E-state index contributed by atoms with van der Waals surface area (Å²) in [5, 5.41) is 11.2. The van der Waals surface area contributed by atoms with Crippen LogP contribution in [0.15, 0.2) is 45.6 Å². The van der Waals surface area contributed by atoms with Gasteiger partial charge < -0.3 is 29.3 Å². The molecule has 1 aliphatic rings. The number of halogens is 3. The number of ether oxygens (including phenoxy) is 1. The van der Waals surface area contributed by atoms with Crippen LogP contribution in [0.3, 0.4) is 0 Å². The fraction of sp³-hybridized carbons (Fsp3) is 0.360. The Morgan fingerprint density at radius 2 is 1.95 bits per heavy atom. The minimum Gasteiger partial charge on any atom is -0.494 e. The lowest BCUT2D eigenvalue weighted by Gasteiger charge is -2.35. The molecule has 0 bridgehead atoms. The van der Waals surface area contributed by atoms with Gasteiger partial charge in [-0.05, 0) is 31.2 Å². The van der Waals surface area contributed by atoms with Crippen LogP contribution in [-0.2, 0) is 11.8 Å². The van der Waals surface area contributed by atoms with Crippen molar-refractivity contribution < 1.29 is 36.6 Å². The number of amides is 1. The van der Waals surface area contributed by atoms with Crippen molar-refractivity contribution in [3.63, 3.8) is 0 Å². The largest absolute Gasteiger partial charge is 0.494 e. The number of nitrogens with zero attached hydrogens (tertiary/aromatic N) is 4. The number of likely N-dealkylation sites (tertiary alicyclic amines) is 1. The van der Waals surface area contributed by atoms with Crippen LogP contribution >= 0.6 is 0 Å². The Balaban J connectivity index is 1.50. The van der Waals surface area contributed by atoms with E-state index in [1.165, 1.54) is 36.6 Å². The molecule has 0 radical (unpaired) electrons. The number of nitrogens with two attached hydrogens (primary N) is 1. The third-order valence-corrected chi connectivity index (χ3v) is 6.54. The second-order valence-electron chi connectivity index (χ2n) is 9.09. The highest BCUT2D eigenvalue weighted by molar-refractivity contribution is 5.98. The molecule has 1 aromatic carbocycles. The first-order chi connectivity index (χ1) is 18.0. The molecule has 10 nitrogen and oxygen atoms in total. The second kappa shape index (κ2) is 9.40. The van der Waals surface area contributed by atoms with E-state index in [0.29, 0.717) is 10.9 Å². The number of fused-ring (bicyclic) bond motifs is 1. The van der Waals surface area contributed by atoms with Crippen LogP contribution in [0.4, 0.5) is 13.2 Å². The highest BCUT2D eigenvalue weighted by atomic mass is 19.4. The number of rotatable bonds is 5. The molecule has 0 saturated carbocycles. The maximum absolute atomic E-state index is 13.5. The monoisotopic (exact) mass is 531 g/mol. The highest BCUT2D eigenvalue weighted by Crippen LogP contribution is 2.38. The minimum absolute atomic E-state index is 0.00293. The summed E-state index contributed by atoms with van der Waals surface area (Å²) in [5.74, 6) is 0.0119. The molecule has 1 saturated heterocycles. The smallest absolute Gasteiger partial charge is 0.433 e. The molecule has 5 rings (SSSR count). The standard InChI is InChI=1S/C25H24F3N5O5/c1-13(29)20-19(22(34)33-10-7-24(35,8-11-33)23-30-9-12-37-23)32-21(38-20)15-3-5-16(36-2)18-14(15)4-6-17(31-18)25(26,27)28/h3-6,9,12-13,35H,7-8,10-11,29H2,1-2H3/t13-/m0/s1. The first-order valence-corrected chi connectivity index (χ1v) is 11.7. The predicted octanol–water partition coefficient (Wildman–Crippen LogP) is 4.05. The van der Waals surface area contributed by atoms with E-state index in [4.69, 9.17) is 19.3 Å². The number of oxazole rings is 2. The molecular formula is C25H24F3N5O5. The molecule has 13 heteroatoms. The van der Waals surface area contributed by atoms with Gasteiger partial charge in [0.05, 0.1) is 19.3 Å². The van der Waals surface area contributed by atoms with Crippen LogP contribution in [0, 0.1) is 0 Å². The van der Waals surface area contributed by atoms with Crippen molar-refractivity contribution >= 4 is 16.8 Å². The summed E-state index contributed by atoms with van der Waals surface area (Å²) in [6, 6.07) is 4.43. The molecule has 1 aliphatic heterocycles. The molecule has 38 heavy (non-hydrogen) atoms. The molecule has 4 heterocycles. The lowest BCUT2D eigenvalue weighted by Crippen LogP contribution is -2.45. The number of aliphatic hydroxyl groups is 1. The molecular weight excluding hydrogens is 507 g/mol. The van der Waals surface area contributed by atoms with Crippen LogP contribution in [0.25, 0.3) is 22.4 Å². The number of piperidine rings is 1. The molecule has 1 fully saturated rings. The molecule has 3 N–H and O–H groups in total. The zero-order valence-corrected chi connectivity index (χ0v) is 20.5. The van der Waals surface area contributed by atoms with E-state index in [1.54, 1.807) is 13.0 Å². The van der Waals surface area contributed by atoms with Gasteiger partial charge in [0.2, 0.25) is 11.8 Å². The number of carbonyl (C=O) groups is 1.